The Morgan fingerprint density at radius 1 is 0.527 bits per heavy atom. The van der Waals surface area contributed by atoms with Crippen molar-refractivity contribution in [3.8, 4) is 39.3 Å². The third kappa shape index (κ3) is 5.83. The Morgan fingerprint density at radius 3 is 1.87 bits per heavy atom. The topological polar surface area (TPSA) is 22.8 Å². The number of allylic oxidation sites excluding steroid dienone is 9. The number of hydrogen-bond acceptors (Lipinski definition) is 1. The Bertz CT molecular complexity index is 3000. The number of benzene rings is 6. The van der Waals surface area contributed by atoms with Crippen LogP contribution in [0, 0.1) is 0 Å². The van der Waals surface area contributed by atoms with Crippen LogP contribution in [0.5, 0.6) is 0 Å². The highest BCUT2D eigenvalue weighted by molar-refractivity contribution is 6.12. The summed E-state index contributed by atoms with van der Waals surface area (Å²) in [5.41, 5.74) is 13.3. The molecule has 0 saturated heterocycles. The molecule has 3 heterocycles. The van der Waals surface area contributed by atoms with Crippen molar-refractivity contribution in [2.45, 2.75) is 6.42 Å². The van der Waals surface area contributed by atoms with E-state index in [1.54, 1.807) is 0 Å². The molecule has 260 valence electrons. The van der Waals surface area contributed by atoms with Crippen LogP contribution >= 0.6 is 0 Å². The van der Waals surface area contributed by atoms with Gasteiger partial charge in [-0.3, -0.25) is 4.57 Å². The number of hydrogen-bond donors (Lipinski definition) is 0. The molecule has 0 amide bonds. The summed E-state index contributed by atoms with van der Waals surface area (Å²) < 4.78 is 4.63. The van der Waals surface area contributed by atoms with Crippen LogP contribution in [-0.2, 0) is 0 Å². The molecule has 0 N–H and O–H groups in total. The highest BCUT2D eigenvalue weighted by atomic mass is 15.1. The number of fused-ring (bicyclic) bond motifs is 6. The maximum Gasteiger partial charge on any atom is 0.138 e. The lowest BCUT2D eigenvalue weighted by molar-refractivity contribution is 1.08. The molecule has 0 atom stereocenters. The maximum absolute atomic E-state index is 5.36. The first-order valence-corrected chi connectivity index (χ1v) is 18.8. The molecule has 0 fully saturated rings. The van der Waals surface area contributed by atoms with Gasteiger partial charge in [-0.25, -0.2) is 4.98 Å². The largest absolute Gasteiger partial charge is 0.310 e. The predicted octanol–water partition coefficient (Wildman–Crippen LogP) is 13.8. The first-order chi connectivity index (χ1) is 27.2. The molecule has 55 heavy (non-hydrogen) atoms. The van der Waals surface area contributed by atoms with Crippen LogP contribution in [0.1, 0.15) is 6.42 Å². The molecule has 0 radical (unpaired) electrons. The molecule has 6 aromatic carbocycles. The molecule has 3 heteroatoms. The molecule has 0 aliphatic heterocycles. The van der Waals surface area contributed by atoms with Gasteiger partial charge in [-0.15, -0.1) is 0 Å². The minimum absolute atomic E-state index is 0.886. The number of nitrogens with zero attached hydrogens (tertiary/aromatic N) is 3. The minimum Gasteiger partial charge on any atom is -0.310 e. The zero-order valence-corrected chi connectivity index (χ0v) is 30.3. The van der Waals surface area contributed by atoms with Crippen LogP contribution in [0.15, 0.2) is 212 Å². The van der Waals surface area contributed by atoms with Gasteiger partial charge >= 0.3 is 0 Å². The Kier molecular flexibility index (Phi) is 8.04. The summed E-state index contributed by atoms with van der Waals surface area (Å²) >= 11 is 0. The Morgan fingerprint density at radius 2 is 1.15 bits per heavy atom. The highest BCUT2D eigenvalue weighted by Gasteiger charge is 2.18. The van der Waals surface area contributed by atoms with E-state index in [4.69, 9.17) is 4.98 Å². The van der Waals surface area contributed by atoms with Gasteiger partial charge in [0.05, 0.1) is 27.8 Å². The fourth-order valence-electron chi connectivity index (χ4n) is 8.05. The first-order valence-electron chi connectivity index (χ1n) is 18.8. The van der Waals surface area contributed by atoms with Gasteiger partial charge in [-0.1, -0.05) is 164 Å². The molecular formula is C52H37N3. The van der Waals surface area contributed by atoms with E-state index in [2.05, 4.69) is 216 Å². The molecule has 3 aromatic heterocycles. The van der Waals surface area contributed by atoms with Crippen molar-refractivity contribution in [1.29, 1.82) is 0 Å². The van der Waals surface area contributed by atoms with Crippen molar-refractivity contribution in [3.63, 3.8) is 0 Å². The molecule has 0 saturated carbocycles. The summed E-state index contributed by atoms with van der Waals surface area (Å²) in [4.78, 5) is 5.36. The molecule has 0 bridgehead atoms. The SMILES string of the molecule is C=C(/C=C\C=C1\C=CC=CC1)n1c2ccccc2c2ccc(-c3ccc4c5ccccc5n(-c5cc(-c6ccccc6)cc(-c6ccccc6)n5)c4c3)cc21. The lowest BCUT2D eigenvalue weighted by atomic mass is 10.0. The lowest BCUT2D eigenvalue weighted by Gasteiger charge is -2.13. The van der Waals surface area contributed by atoms with E-state index < -0.39 is 0 Å². The van der Waals surface area contributed by atoms with Crippen LogP contribution in [-0.4, -0.2) is 14.1 Å². The van der Waals surface area contributed by atoms with Gasteiger partial charge in [0.25, 0.3) is 0 Å². The van der Waals surface area contributed by atoms with Crippen LogP contribution < -0.4 is 0 Å². The zero-order valence-electron chi connectivity index (χ0n) is 30.3. The quantitative estimate of drug-likeness (QED) is 0.152. The van der Waals surface area contributed by atoms with Gasteiger partial charge in [-0.05, 0) is 76.7 Å². The van der Waals surface area contributed by atoms with E-state index in [1.165, 1.54) is 27.1 Å². The fraction of sp³-hybridized carbons (Fsp3) is 0.0192. The van der Waals surface area contributed by atoms with E-state index in [1.807, 2.05) is 0 Å². The number of aromatic nitrogens is 3. The smallest absolute Gasteiger partial charge is 0.138 e. The summed E-state index contributed by atoms with van der Waals surface area (Å²) in [5.74, 6) is 0.886. The van der Waals surface area contributed by atoms with Crippen LogP contribution in [0.3, 0.4) is 0 Å². The van der Waals surface area contributed by atoms with Crippen molar-refractivity contribution < 1.29 is 0 Å². The van der Waals surface area contributed by atoms with Crippen LogP contribution in [0.4, 0.5) is 0 Å². The Hall–Kier alpha value is -7.23. The summed E-state index contributed by atoms with van der Waals surface area (Å²) in [5, 5.41) is 4.81. The van der Waals surface area contributed by atoms with E-state index in [9.17, 15) is 0 Å². The minimum atomic E-state index is 0.886. The standard InChI is InChI=1S/C52H37N3/c1-36(16-15-19-37-17-5-2-6-18-37)54-48-26-13-11-24-43(48)45-30-28-40(33-50(45)54)41-29-31-46-44-25-12-14-27-49(44)55(51(46)34-41)52-35-42(38-20-7-3-8-21-38)32-47(53-52)39-22-9-4-10-23-39/h2-17,19-35H,1,18H2/b16-15-,37-19-. The van der Waals surface area contributed by atoms with Gasteiger partial charge in [0, 0.05) is 32.8 Å². The molecule has 3 nitrogen and oxygen atoms in total. The summed E-state index contributed by atoms with van der Waals surface area (Å²) in [7, 11) is 0. The summed E-state index contributed by atoms with van der Waals surface area (Å²) in [6.45, 7) is 4.56. The molecule has 10 rings (SSSR count). The fourth-order valence-corrected chi connectivity index (χ4v) is 8.05. The second-order valence-corrected chi connectivity index (χ2v) is 14.1. The zero-order chi connectivity index (χ0) is 36.7. The molecule has 1 aliphatic carbocycles. The van der Waals surface area contributed by atoms with Gasteiger partial charge in [0.1, 0.15) is 5.82 Å². The second-order valence-electron chi connectivity index (χ2n) is 14.1. The molecule has 0 spiro atoms. The maximum atomic E-state index is 5.36. The molecule has 1 aliphatic rings. The van der Waals surface area contributed by atoms with Crippen molar-refractivity contribution >= 4 is 49.3 Å². The predicted molar refractivity (Wildman–Crippen MR) is 233 cm³/mol. The van der Waals surface area contributed by atoms with E-state index >= 15 is 0 Å². The number of para-hydroxylation sites is 2. The third-order valence-electron chi connectivity index (χ3n) is 10.7. The monoisotopic (exact) mass is 703 g/mol. The van der Waals surface area contributed by atoms with Gasteiger partial charge in [0.15, 0.2) is 0 Å². The van der Waals surface area contributed by atoms with Crippen molar-refractivity contribution in [2.75, 3.05) is 0 Å². The van der Waals surface area contributed by atoms with Crippen LogP contribution in [0.25, 0.3) is 88.6 Å². The van der Waals surface area contributed by atoms with Gasteiger partial charge < -0.3 is 4.57 Å². The number of pyridine rings is 1. The van der Waals surface area contributed by atoms with E-state index in [-0.39, 0.29) is 0 Å². The Labute approximate surface area is 320 Å². The van der Waals surface area contributed by atoms with E-state index in [0.29, 0.717) is 0 Å². The van der Waals surface area contributed by atoms with Crippen LogP contribution in [0.2, 0.25) is 0 Å². The lowest BCUT2D eigenvalue weighted by Crippen LogP contribution is -2.00. The molecule has 9 aromatic rings. The highest BCUT2D eigenvalue weighted by Crippen LogP contribution is 2.39. The Balaban J connectivity index is 1.15. The molecular weight excluding hydrogens is 667 g/mol. The van der Waals surface area contributed by atoms with Crippen molar-refractivity contribution in [1.82, 2.24) is 14.1 Å². The third-order valence-corrected chi connectivity index (χ3v) is 10.7. The summed E-state index contributed by atoms with van der Waals surface area (Å²) in [6, 6.07) is 56.4. The normalized spacial score (nSPS) is 13.6. The summed E-state index contributed by atoms with van der Waals surface area (Å²) in [6.07, 6.45) is 15.9. The van der Waals surface area contributed by atoms with Gasteiger partial charge in [0.2, 0.25) is 0 Å². The average Bonchev–Trinajstić information content (AvgIpc) is 3.77. The van der Waals surface area contributed by atoms with Crippen molar-refractivity contribution in [3.05, 3.63) is 212 Å². The second kappa shape index (κ2) is 13.6. The van der Waals surface area contributed by atoms with Gasteiger partial charge in [-0.2, -0.15) is 0 Å². The molecule has 0 unspecified atom stereocenters. The average molecular weight is 704 g/mol. The van der Waals surface area contributed by atoms with Crippen molar-refractivity contribution in [2.24, 2.45) is 0 Å². The van der Waals surface area contributed by atoms with E-state index in [0.717, 1.165) is 73.5 Å². The number of rotatable bonds is 7. The first kappa shape index (κ1) is 32.4.